The molecule has 0 spiro atoms. The summed E-state index contributed by atoms with van der Waals surface area (Å²) in [6.45, 7) is 7.60. The molecule has 0 bridgehead atoms. The Balaban J connectivity index is 1.59. The van der Waals surface area contributed by atoms with Gasteiger partial charge in [-0.25, -0.2) is 0 Å². The maximum absolute atomic E-state index is 12.4. The van der Waals surface area contributed by atoms with Crippen LogP contribution in [0, 0.1) is 0 Å². The lowest BCUT2D eigenvalue weighted by molar-refractivity contribution is -0.121. The monoisotopic (exact) mass is 383 g/mol. The van der Waals surface area contributed by atoms with E-state index >= 15 is 0 Å². The number of fused-ring (bicyclic) bond motifs is 1. The predicted octanol–water partition coefficient (Wildman–Crippen LogP) is 4.06. The van der Waals surface area contributed by atoms with E-state index in [2.05, 4.69) is 12.2 Å². The van der Waals surface area contributed by atoms with Crippen LogP contribution in [0.5, 0.6) is 17.2 Å². The van der Waals surface area contributed by atoms with E-state index in [9.17, 15) is 4.79 Å². The molecule has 0 fully saturated rings. The average molecular weight is 383 g/mol. The van der Waals surface area contributed by atoms with E-state index in [1.807, 2.05) is 50.2 Å². The molecule has 0 radical (unpaired) electrons. The van der Waals surface area contributed by atoms with Gasteiger partial charge in [0.05, 0.1) is 13.2 Å². The molecule has 1 atom stereocenters. The number of nitrogens with one attached hydrogen (secondary N) is 1. The van der Waals surface area contributed by atoms with Crippen molar-refractivity contribution in [3.8, 4) is 17.2 Å². The normalized spacial score (nSPS) is 14.9. The SMILES string of the molecule is CCOc1ccccc1CCC(=O)NCc1cc2c(cc1OCC)CC(C)O2. The van der Waals surface area contributed by atoms with Gasteiger partial charge in [-0.2, -0.15) is 0 Å². The first-order valence-corrected chi connectivity index (χ1v) is 10.0. The molecule has 5 heteroatoms. The minimum Gasteiger partial charge on any atom is -0.494 e. The van der Waals surface area contributed by atoms with Crippen LogP contribution in [-0.2, 0) is 24.2 Å². The molecule has 1 aliphatic heterocycles. The smallest absolute Gasteiger partial charge is 0.220 e. The Labute approximate surface area is 167 Å². The summed E-state index contributed by atoms with van der Waals surface area (Å²) in [5, 5.41) is 3.01. The fourth-order valence-corrected chi connectivity index (χ4v) is 3.45. The van der Waals surface area contributed by atoms with Gasteiger partial charge in [-0.1, -0.05) is 18.2 Å². The topological polar surface area (TPSA) is 56.8 Å². The number of para-hydroxylation sites is 1. The second kappa shape index (κ2) is 9.49. The maximum atomic E-state index is 12.4. The van der Waals surface area contributed by atoms with Crippen molar-refractivity contribution in [3.63, 3.8) is 0 Å². The number of hydrogen-bond donors (Lipinski definition) is 1. The number of hydrogen-bond acceptors (Lipinski definition) is 4. The summed E-state index contributed by atoms with van der Waals surface area (Å²) in [6, 6.07) is 11.9. The number of rotatable bonds is 9. The molecule has 150 valence electrons. The quantitative estimate of drug-likeness (QED) is 0.710. The van der Waals surface area contributed by atoms with E-state index in [1.165, 1.54) is 5.56 Å². The largest absolute Gasteiger partial charge is 0.494 e. The second-order valence-electron chi connectivity index (χ2n) is 6.95. The summed E-state index contributed by atoms with van der Waals surface area (Å²) in [7, 11) is 0. The Morgan fingerprint density at radius 1 is 1.11 bits per heavy atom. The van der Waals surface area contributed by atoms with Crippen LogP contribution in [0.25, 0.3) is 0 Å². The molecular formula is C23H29NO4. The number of carbonyl (C=O) groups is 1. The highest BCUT2D eigenvalue weighted by molar-refractivity contribution is 5.76. The summed E-state index contributed by atoms with van der Waals surface area (Å²) in [5.74, 6) is 2.57. The van der Waals surface area contributed by atoms with Gasteiger partial charge in [0.1, 0.15) is 23.4 Å². The first kappa shape index (κ1) is 20.1. The van der Waals surface area contributed by atoms with Crippen molar-refractivity contribution in [3.05, 3.63) is 53.1 Å². The van der Waals surface area contributed by atoms with Crippen molar-refractivity contribution in [1.29, 1.82) is 0 Å². The van der Waals surface area contributed by atoms with Gasteiger partial charge in [0.2, 0.25) is 5.91 Å². The molecule has 1 N–H and O–H groups in total. The Morgan fingerprint density at radius 3 is 2.64 bits per heavy atom. The Bertz CT molecular complexity index is 818. The molecule has 1 heterocycles. The molecular weight excluding hydrogens is 354 g/mol. The van der Waals surface area contributed by atoms with Gasteiger partial charge in [0.15, 0.2) is 0 Å². The average Bonchev–Trinajstić information content (AvgIpc) is 3.04. The zero-order valence-electron chi connectivity index (χ0n) is 16.9. The summed E-state index contributed by atoms with van der Waals surface area (Å²) in [5.41, 5.74) is 3.16. The summed E-state index contributed by atoms with van der Waals surface area (Å²) in [6.07, 6.45) is 2.12. The summed E-state index contributed by atoms with van der Waals surface area (Å²) in [4.78, 5) is 12.4. The van der Waals surface area contributed by atoms with Crippen molar-refractivity contribution in [2.45, 2.75) is 52.7 Å². The number of ether oxygens (including phenoxy) is 3. The van der Waals surface area contributed by atoms with E-state index < -0.39 is 0 Å². The van der Waals surface area contributed by atoms with Gasteiger partial charge < -0.3 is 19.5 Å². The minimum absolute atomic E-state index is 0.00327. The van der Waals surface area contributed by atoms with Crippen LogP contribution < -0.4 is 19.5 Å². The minimum atomic E-state index is 0.00327. The van der Waals surface area contributed by atoms with Gasteiger partial charge in [0, 0.05) is 30.5 Å². The molecule has 28 heavy (non-hydrogen) atoms. The van der Waals surface area contributed by atoms with Crippen LogP contribution in [0.1, 0.15) is 43.9 Å². The van der Waals surface area contributed by atoms with Crippen molar-refractivity contribution >= 4 is 5.91 Å². The molecule has 1 amide bonds. The Kier molecular flexibility index (Phi) is 6.80. The van der Waals surface area contributed by atoms with Gasteiger partial charge in [-0.15, -0.1) is 0 Å². The lowest BCUT2D eigenvalue weighted by Crippen LogP contribution is -2.23. The molecule has 0 aromatic heterocycles. The third-order valence-corrected chi connectivity index (χ3v) is 4.75. The molecule has 0 saturated carbocycles. The van der Waals surface area contributed by atoms with E-state index in [-0.39, 0.29) is 12.0 Å². The van der Waals surface area contributed by atoms with Crippen LogP contribution in [0.15, 0.2) is 36.4 Å². The van der Waals surface area contributed by atoms with Crippen molar-refractivity contribution in [2.24, 2.45) is 0 Å². The van der Waals surface area contributed by atoms with Crippen LogP contribution >= 0.6 is 0 Å². The van der Waals surface area contributed by atoms with Crippen molar-refractivity contribution in [1.82, 2.24) is 5.32 Å². The van der Waals surface area contributed by atoms with E-state index in [0.717, 1.165) is 34.8 Å². The fourth-order valence-electron chi connectivity index (χ4n) is 3.45. The molecule has 0 saturated heterocycles. The lowest BCUT2D eigenvalue weighted by Gasteiger charge is -2.14. The molecule has 5 nitrogen and oxygen atoms in total. The zero-order chi connectivity index (χ0) is 19.9. The van der Waals surface area contributed by atoms with E-state index in [1.54, 1.807) is 0 Å². The van der Waals surface area contributed by atoms with E-state index in [4.69, 9.17) is 14.2 Å². The number of amides is 1. The Morgan fingerprint density at radius 2 is 1.86 bits per heavy atom. The predicted molar refractivity (Wildman–Crippen MR) is 109 cm³/mol. The van der Waals surface area contributed by atoms with E-state index in [0.29, 0.717) is 32.6 Å². The van der Waals surface area contributed by atoms with Crippen LogP contribution in [0.4, 0.5) is 0 Å². The standard InChI is InChI=1S/C23H29NO4/c1-4-26-20-9-7-6-8-17(20)10-11-23(25)24-15-19-14-22-18(12-16(3)28-22)13-21(19)27-5-2/h6-9,13-14,16H,4-5,10-12,15H2,1-3H3,(H,24,25). The molecule has 1 aliphatic rings. The Hall–Kier alpha value is -2.69. The molecule has 2 aromatic carbocycles. The van der Waals surface area contributed by atoms with Gasteiger partial charge >= 0.3 is 0 Å². The fraction of sp³-hybridized carbons (Fsp3) is 0.435. The first-order chi connectivity index (χ1) is 13.6. The van der Waals surface area contributed by atoms with Gasteiger partial charge in [-0.3, -0.25) is 4.79 Å². The third-order valence-electron chi connectivity index (χ3n) is 4.75. The molecule has 0 aliphatic carbocycles. The van der Waals surface area contributed by atoms with Crippen LogP contribution in [0.2, 0.25) is 0 Å². The molecule has 2 aromatic rings. The molecule has 1 unspecified atom stereocenters. The molecule has 3 rings (SSSR count). The van der Waals surface area contributed by atoms with Gasteiger partial charge in [-0.05, 0) is 51.0 Å². The second-order valence-corrected chi connectivity index (χ2v) is 6.95. The zero-order valence-corrected chi connectivity index (χ0v) is 16.9. The highest BCUT2D eigenvalue weighted by atomic mass is 16.5. The highest BCUT2D eigenvalue weighted by Crippen LogP contribution is 2.35. The number of carbonyl (C=O) groups excluding carboxylic acids is 1. The van der Waals surface area contributed by atoms with Crippen molar-refractivity contribution < 1.29 is 19.0 Å². The third kappa shape index (κ3) is 4.97. The lowest BCUT2D eigenvalue weighted by atomic mass is 10.1. The van der Waals surface area contributed by atoms with Crippen LogP contribution in [-0.4, -0.2) is 25.2 Å². The number of aryl methyl sites for hydroxylation is 1. The van der Waals surface area contributed by atoms with Gasteiger partial charge in [0.25, 0.3) is 0 Å². The highest BCUT2D eigenvalue weighted by Gasteiger charge is 2.22. The van der Waals surface area contributed by atoms with Crippen molar-refractivity contribution in [2.75, 3.05) is 13.2 Å². The maximum Gasteiger partial charge on any atom is 0.220 e. The first-order valence-electron chi connectivity index (χ1n) is 10.0. The number of benzene rings is 2. The summed E-state index contributed by atoms with van der Waals surface area (Å²) < 4.78 is 17.3. The summed E-state index contributed by atoms with van der Waals surface area (Å²) >= 11 is 0. The van der Waals surface area contributed by atoms with Crippen LogP contribution in [0.3, 0.4) is 0 Å².